The van der Waals surface area contributed by atoms with Crippen LogP contribution in [0.5, 0.6) is 11.5 Å². The summed E-state index contributed by atoms with van der Waals surface area (Å²) in [6.45, 7) is 1.07. The topological polar surface area (TPSA) is 30.5 Å². The molecule has 0 radical (unpaired) electrons. The van der Waals surface area contributed by atoms with E-state index in [-0.39, 0.29) is 0 Å². The van der Waals surface area contributed by atoms with Gasteiger partial charge in [-0.3, -0.25) is 0 Å². The van der Waals surface area contributed by atoms with Gasteiger partial charge in [0.25, 0.3) is 0 Å². The van der Waals surface area contributed by atoms with Crippen LogP contribution in [-0.2, 0) is 6.54 Å². The lowest BCUT2D eigenvalue weighted by atomic mass is 10.2. The zero-order valence-electron chi connectivity index (χ0n) is 9.65. The van der Waals surface area contributed by atoms with Crippen molar-refractivity contribution < 1.29 is 9.47 Å². The standard InChI is InChI=1S/C14H12BrNO2/c15-11-2-1-3-12(7-11)16-8-10-4-5-13-14(6-10)18-9-17-13/h1-7,16H,8-9H2. The number of ether oxygens (including phenoxy) is 2. The molecule has 18 heavy (non-hydrogen) atoms. The molecule has 0 aliphatic carbocycles. The average Bonchev–Trinajstić information content (AvgIpc) is 2.84. The third-order valence-electron chi connectivity index (χ3n) is 2.76. The summed E-state index contributed by atoms with van der Waals surface area (Å²) in [6, 6.07) is 14.1. The van der Waals surface area contributed by atoms with Crippen LogP contribution < -0.4 is 14.8 Å². The lowest BCUT2D eigenvalue weighted by Gasteiger charge is -2.07. The van der Waals surface area contributed by atoms with Crippen LogP contribution in [-0.4, -0.2) is 6.79 Å². The summed E-state index contributed by atoms with van der Waals surface area (Å²) >= 11 is 3.45. The molecule has 1 N–H and O–H groups in total. The smallest absolute Gasteiger partial charge is 0.231 e. The number of rotatable bonds is 3. The van der Waals surface area contributed by atoms with E-state index in [9.17, 15) is 0 Å². The molecule has 0 bridgehead atoms. The summed E-state index contributed by atoms with van der Waals surface area (Å²) in [5.74, 6) is 1.64. The highest BCUT2D eigenvalue weighted by molar-refractivity contribution is 9.10. The average molecular weight is 306 g/mol. The van der Waals surface area contributed by atoms with Crippen molar-refractivity contribution in [1.82, 2.24) is 0 Å². The first kappa shape index (κ1) is 11.4. The Balaban J connectivity index is 1.70. The summed E-state index contributed by atoms with van der Waals surface area (Å²) in [5.41, 5.74) is 2.25. The van der Waals surface area contributed by atoms with E-state index in [2.05, 4.69) is 21.2 Å². The minimum absolute atomic E-state index is 0.317. The molecule has 2 aromatic carbocycles. The van der Waals surface area contributed by atoms with Crippen LogP contribution in [0.25, 0.3) is 0 Å². The van der Waals surface area contributed by atoms with E-state index in [0.29, 0.717) is 6.79 Å². The van der Waals surface area contributed by atoms with E-state index in [1.54, 1.807) is 0 Å². The zero-order chi connectivity index (χ0) is 12.4. The fourth-order valence-electron chi connectivity index (χ4n) is 1.85. The SMILES string of the molecule is Brc1cccc(NCc2ccc3c(c2)OCO3)c1. The number of fused-ring (bicyclic) bond motifs is 1. The van der Waals surface area contributed by atoms with Gasteiger partial charge in [0.1, 0.15) is 0 Å². The number of hydrogen-bond acceptors (Lipinski definition) is 3. The Morgan fingerprint density at radius 1 is 1.06 bits per heavy atom. The highest BCUT2D eigenvalue weighted by atomic mass is 79.9. The molecule has 1 aliphatic heterocycles. The first-order valence-electron chi connectivity index (χ1n) is 5.69. The Morgan fingerprint density at radius 3 is 2.83 bits per heavy atom. The first-order valence-corrected chi connectivity index (χ1v) is 6.48. The van der Waals surface area contributed by atoms with E-state index in [1.807, 2.05) is 42.5 Å². The molecule has 0 saturated carbocycles. The van der Waals surface area contributed by atoms with E-state index in [0.717, 1.165) is 28.2 Å². The van der Waals surface area contributed by atoms with Crippen molar-refractivity contribution in [3.63, 3.8) is 0 Å². The second kappa shape index (κ2) is 4.90. The number of nitrogens with one attached hydrogen (secondary N) is 1. The van der Waals surface area contributed by atoms with Crippen molar-refractivity contribution in [2.24, 2.45) is 0 Å². The monoisotopic (exact) mass is 305 g/mol. The van der Waals surface area contributed by atoms with Gasteiger partial charge >= 0.3 is 0 Å². The van der Waals surface area contributed by atoms with Gasteiger partial charge in [0, 0.05) is 16.7 Å². The maximum Gasteiger partial charge on any atom is 0.231 e. The number of benzene rings is 2. The molecule has 4 heteroatoms. The molecule has 1 aliphatic rings. The van der Waals surface area contributed by atoms with Gasteiger partial charge < -0.3 is 14.8 Å². The molecule has 0 atom stereocenters. The molecule has 0 aromatic heterocycles. The molecule has 2 aromatic rings. The largest absolute Gasteiger partial charge is 0.454 e. The molecule has 0 spiro atoms. The summed E-state index contributed by atoms with van der Waals surface area (Å²) < 4.78 is 11.7. The number of anilines is 1. The van der Waals surface area contributed by atoms with Gasteiger partial charge in [0.15, 0.2) is 11.5 Å². The predicted molar refractivity (Wildman–Crippen MR) is 74.0 cm³/mol. The van der Waals surface area contributed by atoms with Crippen LogP contribution in [0, 0.1) is 0 Å². The van der Waals surface area contributed by atoms with E-state index in [1.165, 1.54) is 5.56 Å². The third-order valence-corrected chi connectivity index (χ3v) is 3.25. The highest BCUT2D eigenvalue weighted by Crippen LogP contribution is 2.32. The van der Waals surface area contributed by atoms with E-state index in [4.69, 9.17) is 9.47 Å². The van der Waals surface area contributed by atoms with Gasteiger partial charge in [0.2, 0.25) is 6.79 Å². The first-order chi connectivity index (χ1) is 8.81. The van der Waals surface area contributed by atoms with Crippen LogP contribution in [0.15, 0.2) is 46.9 Å². The van der Waals surface area contributed by atoms with Crippen molar-refractivity contribution in [1.29, 1.82) is 0 Å². The van der Waals surface area contributed by atoms with Crippen molar-refractivity contribution in [3.05, 3.63) is 52.5 Å². The zero-order valence-corrected chi connectivity index (χ0v) is 11.2. The number of halogens is 1. The molecular formula is C14H12BrNO2. The molecule has 92 valence electrons. The maximum absolute atomic E-state index is 5.35. The number of hydrogen-bond donors (Lipinski definition) is 1. The van der Waals surface area contributed by atoms with Gasteiger partial charge in [-0.25, -0.2) is 0 Å². The Morgan fingerprint density at radius 2 is 1.94 bits per heavy atom. The second-order valence-electron chi connectivity index (χ2n) is 4.05. The highest BCUT2D eigenvalue weighted by Gasteiger charge is 2.12. The molecule has 0 saturated heterocycles. The molecule has 3 rings (SSSR count). The van der Waals surface area contributed by atoms with Gasteiger partial charge in [0.05, 0.1) is 0 Å². The summed E-state index contributed by atoms with van der Waals surface area (Å²) in [6.07, 6.45) is 0. The Labute approximate surface area is 114 Å². The summed E-state index contributed by atoms with van der Waals surface area (Å²) in [5, 5.41) is 3.37. The van der Waals surface area contributed by atoms with Crippen LogP contribution >= 0.6 is 15.9 Å². The Hall–Kier alpha value is -1.68. The van der Waals surface area contributed by atoms with Crippen molar-refractivity contribution >= 4 is 21.6 Å². The van der Waals surface area contributed by atoms with Gasteiger partial charge in [-0.2, -0.15) is 0 Å². The summed E-state index contributed by atoms with van der Waals surface area (Å²) in [4.78, 5) is 0. The molecule has 0 fully saturated rings. The van der Waals surface area contributed by atoms with Crippen LogP contribution in [0.1, 0.15) is 5.56 Å². The maximum atomic E-state index is 5.35. The summed E-state index contributed by atoms with van der Waals surface area (Å²) in [7, 11) is 0. The van der Waals surface area contributed by atoms with Crippen LogP contribution in [0.4, 0.5) is 5.69 Å². The molecule has 3 nitrogen and oxygen atoms in total. The Bertz CT molecular complexity index is 571. The minimum Gasteiger partial charge on any atom is -0.454 e. The van der Waals surface area contributed by atoms with Crippen molar-refractivity contribution in [2.75, 3.05) is 12.1 Å². The fourth-order valence-corrected chi connectivity index (χ4v) is 2.25. The lowest BCUT2D eigenvalue weighted by Crippen LogP contribution is -1.99. The normalized spacial score (nSPS) is 12.5. The van der Waals surface area contributed by atoms with E-state index >= 15 is 0 Å². The second-order valence-corrected chi connectivity index (χ2v) is 4.97. The lowest BCUT2D eigenvalue weighted by molar-refractivity contribution is 0.174. The third kappa shape index (κ3) is 2.43. The minimum atomic E-state index is 0.317. The molecule has 0 unspecified atom stereocenters. The fraction of sp³-hybridized carbons (Fsp3) is 0.143. The van der Waals surface area contributed by atoms with E-state index < -0.39 is 0 Å². The van der Waals surface area contributed by atoms with Crippen molar-refractivity contribution in [3.8, 4) is 11.5 Å². The predicted octanol–water partition coefficient (Wildman–Crippen LogP) is 3.79. The van der Waals surface area contributed by atoms with Crippen LogP contribution in [0.2, 0.25) is 0 Å². The van der Waals surface area contributed by atoms with Gasteiger partial charge in [-0.05, 0) is 35.9 Å². The molecule has 0 amide bonds. The quantitative estimate of drug-likeness (QED) is 0.936. The van der Waals surface area contributed by atoms with Crippen LogP contribution in [0.3, 0.4) is 0 Å². The van der Waals surface area contributed by atoms with Crippen molar-refractivity contribution in [2.45, 2.75) is 6.54 Å². The molecule has 1 heterocycles. The van der Waals surface area contributed by atoms with Gasteiger partial charge in [-0.15, -0.1) is 0 Å². The Kier molecular flexibility index (Phi) is 3.11. The molecular weight excluding hydrogens is 294 g/mol. The van der Waals surface area contributed by atoms with Gasteiger partial charge in [-0.1, -0.05) is 28.1 Å².